The van der Waals surface area contributed by atoms with Gasteiger partial charge >= 0.3 is 0 Å². The van der Waals surface area contributed by atoms with Crippen molar-refractivity contribution in [1.82, 2.24) is 10.4 Å². The molecule has 0 aromatic rings. The molecule has 0 bridgehead atoms. The minimum Gasteiger partial charge on any atom is -0.246 e. The largest absolute Gasteiger partial charge is 0.246 e. The lowest BCUT2D eigenvalue weighted by molar-refractivity contribution is 0.276. The second-order valence-corrected chi connectivity index (χ2v) is 3.24. The number of rotatable bonds is 4. The second kappa shape index (κ2) is 6.50. The van der Waals surface area contributed by atoms with Crippen molar-refractivity contribution in [3.8, 4) is 0 Å². The first-order valence-corrected chi connectivity index (χ1v) is 5.43. The van der Waals surface area contributed by atoms with Crippen LogP contribution >= 0.6 is 45.2 Å². The summed E-state index contributed by atoms with van der Waals surface area (Å²) >= 11 is 4.65. The molecule has 0 unspecified atom stereocenters. The van der Waals surface area contributed by atoms with Crippen molar-refractivity contribution in [1.29, 1.82) is 0 Å². The van der Waals surface area contributed by atoms with Gasteiger partial charge in [0.25, 0.3) is 0 Å². The van der Waals surface area contributed by atoms with E-state index in [0.717, 1.165) is 11.1 Å². The van der Waals surface area contributed by atoms with Crippen LogP contribution < -0.4 is 5.43 Å². The Morgan fingerprint density at radius 3 is 2.50 bits per heavy atom. The second-order valence-electron chi connectivity index (χ2n) is 1.40. The van der Waals surface area contributed by atoms with Crippen LogP contribution in [0.4, 0.5) is 0 Å². The molecular formula is C4H10I2N2. The number of nitrogens with one attached hydrogen (secondary N) is 1. The highest BCUT2D eigenvalue weighted by molar-refractivity contribution is 14.1. The molecule has 0 saturated carbocycles. The summed E-state index contributed by atoms with van der Waals surface area (Å²) in [5.41, 5.74) is 3.16. The van der Waals surface area contributed by atoms with E-state index >= 15 is 0 Å². The lowest BCUT2D eigenvalue weighted by Crippen LogP contribution is -2.34. The van der Waals surface area contributed by atoms with Crippen LogP contribution in [0.25, 0.3) is 0 Å². The zero-order valence-corrected chi connectivity index (χ0v) is 9.14. The average molecular weight is 340 g/mol. The van der Waals surface area contributed by atoms with Crippen LogP contribution in [-0.4, -0.2) is 27.6 Å². The van der Waals surface area contributed by atoms with Crippen molar-refractivity contribution < 1.29 is 0 Å². The van der Waals surface area contributed by atoms with E-state index in [-0.39, 0.29) is 0 Å². The quantitative estimate of drug-likeness (QED) is 0.359. The Balaban J connectivity index is 2.92. The van der Waals surface area contributed by atoms with E-state index in [1.165, 1.54) is 4.43 Å². The fourth-order valence-electron chi connectivity index (χ4n) is 0.308. The van der Waals surface area contributed by atoms with Gasteiger partial charge in [-0.05, 0) is 0 Å². The predicted octanol–water partition coefficient (Wildman–Crippen LogP) is 1.25. The highest BCUT2D eigenvalue weighted by Crippen LogP contribution is 1.83. The Morgan fingerprint density at radius 1 is 1.50 bits per heavy atom. The SMILES string of the molecule is CN(CCI)NCI. The maximum absolute atomic E-state index is 3.16. The summed E-state index contributed by atoms with van der Waals surface area (Å²) in [6, 6.07) is 0. The minimum absolute atomic E-state index is 0.991. The lowest BCUT2D eigenvalue weighted by atomic mass is 10.7. The fourth-order valence-corrected chi connectivity index (χ4v) is 1.61. The molecule has 0 aliphatic heterocycles. The molecule has 0 rings (SSSR count). The summed E-state index contributed by atoms with van der Waals surface area (Å²) in [6.07, 6.45) is 0. The van der Waals surface area contributed by atoms with Crippen LogP contribution in [0.3, 0.4) is 0 Å². The molecule has 0 fully saturated rings. The minimum atomic E-state index is 0.991. The molecule has 4 heteroatoms. The normalized spacial score (nSPS) is 10.5. The van der Waals surface area contributed by atoms with Gasteiger partial charge in [-0.1, -0.05) is 45.2 Å². The standard InChI is InChI=1S/C4H10I2N2/c1-8(3-2-5)7-4-6/h7H,2-4H2,1H3. The van der Waals surface area contributed by atoms with E-state index in [2.05, 4.69) is 62.7 Å². The highest BCUT2D eigenvalue weighted by Gasteiger charge is 1.89. The molecule has 0 spiro atoms. The molecule has 1 N–H and O–H groups in total. The van der Waals surface area contributed by atoms with E-state index in [4.69, 9.17) is 0 Å². The third kappa shape index (κ3) is 5.52. The van der Waals surface area contributed by atoms with Crippen molar-refractivity contribution in [3.63, 3.8) is 0 Å². The number of hydrazine groups is 1. The monoisotopic (exact) mass is 340 g/mol. The molecule has 0 aliphatic rings. The highest BCUT2D eigenvalue weighted by atomic mass is 127. The molecular weight excluding hydrogens is 330 g/mol. The van der Waals surface area contributed by atoms with Crippen LogP contribution in [0.5, 0.6) is 0 Å². The number of hydrogen-bond acceptors (Lipinski definition) is 2. The summed E-state index contributed by atoms with van der Waals surface area (Å²) < 4.78 is 2.17. The predicted molar refractivity (Wildman–Crippen MR) is 53.5 cm³/mol. The summed E-state index contributed by atoms with van der Waals surface area (Å²) in [4.78, 5) is 0. The van der Waals surface area contributed by atoms with Crippen LogP contribution in [0, 0.1) is 0 Å². The lowest BCUT2D eigenvalue weighted by Gasteiger charge is -2.13. The van der Waals surface area contributed by atoms with Gasteiger partial charge in [0.05, 0.1) is 4.55 Å². The zero-order valence-electron chi connectivity index (χ0n) is 4.82. The molecule has 0 aromatic heterocycles. The van der Waals surface area contributed by atoms with Crippen LogP contribution in [0.15, 0.2) is 0 Å². The van der Waals surface area contributed by atoms with E-state index in [1.807, 2.05) is 0 Å². The Hall–Kier alpha value is 1.38. The van der Waals surface area contributed by atoms with Crippen LogP contribution in [0.2, 0.25) is 0 Å². The smallest absolute Gasteiger partial charge is 0.0621 e. The number of hydrogen-bond donors (Lipinski definition) is 1. The van der Waals surface area contributed by atoms with Crippen molar-refractivity contribution in [2.24, 2.45) is 0 Å². The van der Waals surface area contributed by atoms with E-state index < -0.39 is 0 Å². The van der Waals surface area contributed by atoms with Crippen LogP contribution in [-0.2, 0) is 0 Å². The van der Waals surface area contributed by atoms with Gasteiger partial charge in [-0.15, -0.1) is 0 Å². The summed E-state index contributed by atoms with van der Waals surface area (Å²) in [6.45, 7) is 1.11. The first-order valence-electron chi connectivity index (χ1n) is 2.38. The molecule has 0 aromatic carbocycles. The number of alkyl halides is 2. The average Bonchev–Trinajstić information content (AvgIpc) is 1.68. The summed E-state index contributed by atoms with van der Waals surface area (Å²) in [7, 11) is 2.05. The molecule has 0 atom stereocenters. The Kier molecular flexibility index (Phi) is 7.62. The molecule has 0 aliphatic carbocycles. The molecule has 0 heterocycles. The Morgan fingerprint density at radius 2 is 2.12 bits per heavy atom. The van der Waals surface area contributed by atoms with Gasteiger partial charge in [-0.3, -0.25) is 0 Å². The molecule has 0 radical (unpaired) electrons. The Bertz CT molecular complexity index is 45.3. The molecule has 0 amide bonds. The van der Waals surface area contributed by atoms with Gasteiger partial charge in [-0.2, -0.15) is 0 Å². The third-order valence-electron chi connectivity index (χ3n) is 0.750. The van der Waals surface area contributed by atoms with E-state index in [9.17, 15) is 0 Å². The van der Waals surface area contributed by atoms with Crippen molar-refractivity contribution in [2.45, 2.75) is 0 Å². The first-order chi connectivity index (χ1) is 3.81. The number of halogens is 2. The number of nitrogens with zero attached hydrogens (tertiary/aromatic N) is 1. The fraction of sp³-hybridized carbons (Fsp3) is 1.00. The summed E-state index contributed by atoms with van der Waals surface area (Å²) in [5.74, 6) is 0. The topological polar surface area (TPSA) is 15.3 Å². The van der Waals surface area contributed by atoms with E-state index in [0.29, 0.717) is 0 Å². The van der Waals surface area contributed by atoms with E-state index in [1.54, 1.807) is 0 Å². The van der Waals surface area contributed by atoms with Crippen molar-refractivity contribution in [2.75, 3.05) is 22.6 Å². The van der Waals surface area contributed by atoms with Crippen molar-refractivity contribution >= 4 is 45.2 Å². The van der Waals surface area contributed by atoms with Gasteiger partial charge in [0.15, 0.2) is 0 Å². The molecule has 8 heavy (non-hydrogen) atoms. The summed E-state index contributed by atoms with van der Waals surface area (Å²) in [5, 5.41) is 2.10. The van der Waals surface area contributed by atoms with Gasteiger partial charge < -0.3 is 0 Å². The van der Waals surface area contributed by atoms with Gasteiger partial charge in [-0.25, -0.2) is 10.4 Å². The third-order valence-corrected chi connectivity index (χ3v) is 1.57. The maximum atomic E-state index is 3.16. The molecule has 50 valence electrons. The molecule has 0 saturated heterocycles. The van der Waals surface area contributed by atoms with Crippen molar-refractivity contribution in [3.05, 3.63) is 0 Å². The van der Waals surface area contributed by atoms with Gasteiger partial charge in [0, 0.05) is 18.0 Å². The molecule has 2 nitrogen and oxygen atoms in total. The zero-order chi connectivity index (χ0) is 6.41. The first kappa shape index (κ1) is 9.38. The maximum Gasteiger partial charge on any atom is 0.0621 e. The van der Waals surface area contributed by atoms with Crippen LogP contribution in [0.1, 0.15) is 0 Å². The Labute approximate surface area is 77.6 Å². The van der Waals surface area contributed by atoms with Gasteiger partial charge in [0.2, 0.25) is 0 Å². The van der Waals surface area contributed by atoms with Gasteiger partial charge in [0.1, 0.15) is 0 Å².